The Labute approximate surface area is 112 Å². The standard InChI is InChI=1S/C14H18FN3O/c1-8-7-9(5-6-10(8)15)11-12(19)17-13(16-11)18-14(2,3)4/h5-7,11H,1-4H3,(H2,16,17,18,19). The number of nitrogens with zero attached hydrogens (tertiary/aromatic N) is 1. The van der Waals surface area contributed by atoms with E-state index in [2.05, 4.69) is 15.6 Å². The van der Waals surface area contributed by atoms with Crippen molar-refractivity contribution in [3.8, 4) is 0 Å². The van der Waals surface area contributed by atoms with Crippen molar-refractivity contribution in [1.82, 2.24) is 10.6 Å². The summed E-state index contributed by atoms with van der Waals surface area (Å²) >= 11 is 0. The van der Waals surface area contributed by atoms with Gasteiger partial charge in [0, 0.05) is 5.54 Å². The summed E-state index contributed by atoms with van der Waals surface area (Å²) in [6.45, 7) is 7.62. The van der Waals surface area contributed by atoms with Gasteiger partial charge in [0.25, 0.3) is 5.91 Å². The second-order valence-corrected chi connectivity index (χ2v) is 5.75. The van der Waals surface area contributed by atoms with Gasteiger partial charge >= 0.3 is 0 Å². The Morgan fingerprint density at radius 1 is 1.37 bits per heavy atom. The number of hydrogen-bond acceptors (Lipinski definition) is 3. The fourth-order valence-electron chi connectivity index (χ4n) is 1.89. The van der Waals surface area contributed by atoms with Crippen LogP contribution in [0.3, 0.4) is 0 Å². The lowest BCUT2D eigenvalue weighted by molar-refractivity contribution is -0.120. The largest absolute Gasteiger partial charge is 0.351 e. The molecule has 4 nitrogen and oxygen atoms in total. The fraction of sp³-hybridized carbons (Fsp3) is 0.429. The highest BCUT2D eigenvalue weighted by Gasteiger charge is 2.29. The maximum Gasteiger partial charge on any atom is 0.256 e. The van der Waals surface area contributed by atoms with E-state index in [0.717, 1.165) is 0 Å². The van der Waals surface area contributed by atoms with Gasteiger partial charge in [-0.1, -0.05) is 12.1 Å². The SMILES string of the molecule is Cc1cc(C2N=C(NC(C)(C)C)NC2=O)ccc1F. The molecule has 1 heterocycles. The number of benzene rings is 1. The van der Waals surface area contributed by atoms with Gasteiger partial charge in [0.05, 0.1) is 0 Å². The molecule has 0 aliphatic carbocycles. The van der Waals surface area contributed by atoms with E-state index in [0.29, 0.717) is 17.1 Å². The first-order valence-electron chi connectivity index (χ1n) is 6.19. The van der Waals surface area contributed by atoms with Crippen LogP contribution in [0.2, 0.25) is 0 Å². The van der Waals surface area contributed by atoms with Crippen molar-refractivity contribution in [3.63, 3.8) is 0 Å². The maximum absolute atomic E-state index is 13.2. The Hall–Kier alpha value is -1.91. The minimum Gasteiger partial charge on any atom is -0.351 e. The van der Waals surface area contributed by atoms with Crippen LogP contribution in [0.25, 0.3) is 0 Å². The number of aryl methyl sites for hydroxylation is 1. The Morgan fingerprint density at radius 2 is 2.05 bits per heavy atom. The molecule has 1 aromatic rings. The Kier molecular flexibility index (Phi) is 3.30. The van der Waals surface area contributed by atoms with Crippen LogP contribution in [-0.4, -0.2) is 17.4 Å². The molecule has 1 aromatic carbocycles. The molecule has 2 rings (SSSR count). The number of amides is 1. The van der Waals surface area contributed by atoms with Crippen molar-refractivity contribution in [2.45, 2.75) is 39.3 Å². The number of carbonyl (C=O) groups is 1. The highest BCUT2D eigenvalue weighted by molar-refractivity contribution is 6.05. The van der Waals surface area contributed by atoms with Crippen LogP contribution in [0.1, 0.15) is 37.9 Å². The average molecular weight is 263 g/mol. The summed E-state index contributed by atoms with van der Waals surface area (Å²) in [4.78, 5) is 16.2. The number of nitrogens with one attached hydrogen (secondary N) is 2. The molecule has 0 saturated heterocycles. The van der Waals surface area contributed by atoms with Gasteiger partial charge in [-0.2, -0.15) is 0 Å². The number of rotatable bonds is 1. The molecule has 1 atom stereocenters. The number of aliphatic imine (C=N–C) groups is 1. The second-order valence-electron chi connectivity index (χ2n) is 5.75. The second kappa shape index (κ2) is 4.64. The topological polar surface area (TPSA) is 53.5 Å². The first-order valence-corrected chi connectivity index (χ1v) is 6.19. The molecule has 5 heteroatoms. The van der Waals surface area contributed by atoms with Gasteiger partial charge in [-0.3, -0.25) is 10.1 Å². The Morgan fingerprint density at radius 3 is 2.63 bits per heavy atom. The van der Waals surface area contributed by atoms with Crippen LogP contribution in [0.5, 0.6) is 0 Å². The van der Waals surface area contributed by atoms with Crippen molar-refractivity contribution >= 4 is 11.9 Å². The highest BCUT2D eigenvalue weighted by Crippen LogP contribution is 2.23. The smallest absolute Gasteiger partial charge is 0.256 e. The molecule has 102 valence electrons. The fourth-order valence-corrected chi connectivity index (χ4v) is 1.89. The molecular weight excluding hydrogens is 245 g/mol. The van der Waals surface area contributed by atoms with Crippen LogP contribution >= 0.6 is 0 Å². The van der Waals surface area contributed by atoms with E-state index in [1.165, 1.54) is 6.07 Å². The van der Waals surface area contributed by atoms with Crippen molar-refractivity contribution in [2.24, 2.45) is 4.99 Å². The third-order valence-electron chi connectivity index (χ3n) is 2.74. The predicted octanol–water partition coefficient (Wildman–Crippen LogP) is 2.05. The summed E-state index contributed by atoms with van der Waals surface area (Å²) in [5.41, 5.74) is 1.03. The third-order valence-corrected chi connectivity index (χ3v) is 2.74. The van der Waals surface area contributed by atoms with Crippen LogP contribution in [0.4, 0.5) is 4.39 Å². The number of carbonyl (C=O) groups excluding carboxylic acids is 1. The summed E-state index contributed by atoms with van der Waals surface area (Å²) in [5.74, 6) is -0.0126. The van der Waals surface area contributed by atoms with Crippen molar-refractivity contribution in [1.29, 1.82) is 0 Å². The van der Waals surface area contributed by atoms with E-state index in [1.807, 2.05) is 20.8 Å². The zero-order valence-electron chi connectivity index (χ0n) is 11.5. The Bertz CT molecular complexity index is 546. The molecular formula is C14H18FN3O. The van der Waals surface area contributed by atoms with E-state index in [1.54, 1.807) is 19.1 Å². The molecule has 19 heavy (non-hydrogen) atoms. The number of guanidine groups is 1. The third kappa shape index (κ3) is 3.10. The molecule has 1 amide bonds. The molecule has 0 radical (unpaired) electrons. The molecule has 0 saturated carbocycles. The van der Waals surface area contributed by atoms with Gasteiger partial charge in [-0.25, -0.2) is 9.38 Å². The van der Waals surface area contributed by atoms with Gasteiger partial charge in [0.2, 0.25) is 0 Å². The first kappa shape index (κ1) is 13.5. The summed E-state index contributed by atoms with van der Waals surface area (Å²) < 4.78 is 13.2. The van der Waals surface area contributed by atoms with E-state index >= 15 is 0 Å². The zero-order valence-corrected chi connectivity index (χ0v) is 11.5. The van der Waals surface area contributed by atoms with Crippen molar-refractivity contribution in [2.75, 3.05) is 0 Å². The van der Waals surface area contributed by atoms with Gasteiger partial charge in [0.15, 0.2) is 12.0 Å². The monoisotopic (exact) mass is 263 g/mol. The molecule has 1 unspecified atom stereocenters. The summed E-state index contributed by atoms with van der Waals surface area (Å²) in [7, 11) is 0. The molecule has 2 N–H and O–H groups in total. The lowest BCUT2D eigenvalue weighted by Gasteiger charge is -2.21. The summed E-state index contributed by atoms with van der Waals surface area (Å²) in [6, 6.07) is 4.01. The molecule has 0 spiro atoms. The van der Waals surface area contributed by atoms with Crippen molar-refractivity contribution in [3.05, 3.63) is 35.1 Å². The molecule has 0 fully saturated rings. The highest BCUT2D eigenvalue weighted by atomic mass is 19.1. The van der Waals surface area contributed by atoms with Gasteiger partial charge < -0.3 is 5.32 Å². The van der Waals surface area contributed by atoms with E-state index < -0.39 is 6.04 Å². The molecule has 1 aliphatic heterocycles. The van der Waals surface area contributed by atoms with Crippen LogP contribution in [-0.2, 0) is 4.79 Å². The minimum atomic E-state index is -0.607. The van der Waals surface area contributed by atoms with Crippen LogP contribution < -0.4 is 10.6 Å². The minimum absolute atomic E-state index is 0.181. The molecule has 0 aromatic heterocycles. The van der Waals surface area contributed by atoms with Crippen molar-refractivity contribution < 1.29 is 9.18 Å². The lowest BCUT2D eigenvalue weighted by Crippen LogP contribution is -2.46. The first-order chi connectivity index (χ1) is 8.76. The Balaban J connectivity index is 2.25. The number of hydrogen-bond donors (Lipinski definition) is 2. The molecule has 1 aliphatic rings. The van der Waals surface area contributed by atoms with Crippen LogP contribution in [0.15, 0.2) is 23.2 Å². The van der Waals surface area contributed by atoms with Gasteiger partial charge in [-0.05, 0) is 44.9 Å². The van der Waals surface area contributed by atoms with E-state index in [4.69, 9.17) is 0 Å². The summed E-state index contributed by atoms with van der Waals surface area (Å²) in [6.07, 6.45) is 0. The zero-order chi connectivity index (χ0) is 14.2. The van der Waals surface area contributed by atoms with E-state index in [-0.39, 0.29) is 17.3 Å². The predicted molar refractivity (Wildman–Crippen MR) is 72.3 cm³/mol. The van der Waals surface area contributed by atoms with Gasteiger partial charge in [0.1, 0.15) is 5.82 Å². The summed E-state index contributed by atoms with van der Waals surface area (Å²) in [5, 5.41) is 5.82. The maximum atomic E-state index is 13.2. The lowest BCUT2D eigenvalue weighted by atomic mass is 10.0. The van der Waals surface area contributed by atoms with Crippen LogP contribution in [0, 0.1) is 12.7 Å². The normalized spacial score (nSPS) is 19.1. The van der Waals surface area contributed by atoms with E-state index in [9.17, 15) is 9.18 Å². The average Bonchev–Trinajstić information content (AvgIpc) is 2.61. The molecule has 0 bridgehead atoms. The number of halogens is 1. The quantitative estimate of drug-likeness (QED) is 0.814. The van der Waals surface area contributed by atoms with Gasteiger partial charge in [-0.15, -0.1) is 0 Å².